The van der Waals surface area contributed by atoms with Gasteiger partial charge in [-0.05, 0) is 50.6 Å². The molecule has 0 unspecified atom stereocenters. The van der Waals surface area contributed by atoms with E-state index in [0.29, 0.717) is 11.1 Å². The van der Waals surface area contributed by atoms with Crippen molar-refractivity contribution in [2.24, 2.45) is 0 Å². The van der Waals surface area contributed by atoms with Crippen LogP contribution in [0.25, 0.3) is 5.69 Å². The van der Waals surface area contributed by atoms with Crippen LogP contribution in [0.1, 0.15) is 37.7 Å². The van der Waals surface area contributed by atoms with Crippen molar-refractivity contribution in [3.8, 4) is 5.69 Å². The zero-order valence-corrected chi connectivity index (χ0v) is 15.0. The summed E-state index contributed by atoms with van der Waals surface area (Å²) in [5.41, 5.74) is 9.65. The minimum atomic E-state index is -0.345. The van der Waals surface area contributed by atoms with Crippen LogP contribution in [0.2, 0.25) is 0 Å². The summed E-state index contributed by atoms with van der Waals surface area (Å²) in [6, 6.07) is 18.9. The number of benzene rings is 2. The Balaban J connectivity index is 1.77. The number of nitrogens with one attached hydrogen (secondary N) is 2. The number of aromatic nitrogens is 1. The number of hydrogen-bond donors (Lipinski definition) is 2. The second kappa shape index (κ2) is 7.27. The lowest BCUT2D eigenvalue weighted by atomic mass is 10.1. The SMILES string of the molecule is Cc1ccccc1C(=O)NNC(=O)c1cc(C)n(-c2ccccc2)c1C. The molecule has 5 nitrogen and oxygen atoms in total. The number of para-hydroxylation sites is 1. The molecule has 26 heavy (non-hydrogen) atoms. The number of hydrogen-bond acceptors (Lipinski definition) is 2. The van der Waals surface area contributed by atoms with Gasteiger partial charge in [0.15, 0.2) is 0 Å². The summed E-state index contributed by atoms with van der Waals surface area (Å²) < 4.78 is 2.01. The van der Waals surface area contributed by atoms with Gasteiger partial charge in [-0.3, -0.25) is 20.4 Å². The summed E-state index contributed by atoms with van der Waals surface area (Å²) in [6.45, 7) is 5.69. The van der Waals surface area contributed by atoms with Crippen LogP contribution in [-0.4, -0.2) is 16.4 Å². The number of aryl methyl sites for hydroxylation is 2. The molecule has 2 amide bonds. The van der Waals surface area contributed by atoms with E-state index in [4.69, 9.17) is 0 Å². The Hall–Kier alpha value is -3.34. The molecule has 0 bridgehead atoms. The molecule has 2 aromatic carbocycles. The van der Waals surface area contributed by atoms with Crippen LogP contribution < -0.4 is 10.9 Å². The minimum absolute atomic E-state index is 0.340. The van der Waals surface area contributed by atoms with Crippen LogP contribution >= 0.6 is 0 Å². The summed E-state index contributed by atoms with van der Waals surface area (Å²) in [7, 11) is 0. The maximum Gasteiger partial charge on any atom is 0.271 e. The molecule has 0 fully saturated rings. The molecular formula is C21H21N3O2. The average molecular weight is 347 g/mol. The second-order valence-corrected chi connectivity index (χ2v) is 6.18. The topological polar surface area (TPSA) is 63.1 Å². The van der Waals surface area contributed by atoms with E-state index in [0.717, 1.165) is 22.6 Å². The Morgan fingerprint density at radius 1 is 0.769 bits per heavy atom. The van der Waals surface area contributed by atoms with E-state index in [9.17, 15) is 9.59 Å². The zero-order chi connectivity index (χ0) is 18.7. The molecule has 132 valence electrons. The lowest BCUT2D eigenvalue weighted by molar-refractivity contribution is 0.0846. The van der Waals surface area contributed by atoms with E-state index in [1.165, 1.54) is 0 Å². The number of carbonyl (C=O) groups is 2. The van der Waals surface area contributed by atoms with Crippen molar-refractivity contribution < 1.29 is 9.59 Å². The van der Waals surface area contributed by atoms with Gasteiger partial charge in [-0.1, -0.05) is 36.4 Å². The van der Waals surface area contributed by atoms with Gasteiger partial charge < -0.3 is 4.57 Å². The number of rotatable bonds is 3. The van der Waals surface area contributed by atoms with Gasteiger partial charge >= 0.3 is 0 Å². The third kappa shape index (κ3) is 3.37. The molecule has 0 aliphatic heterocycles. The fourth-order valence-corrected chi connectivity index (χ4v) is 3.04. The number of amides is 2. The van der Waals surface area contributed by atoms with E-state index >= 15 is 0 Å². The van der Waals surface area contributed by atoms with Gasteiger partial charge in [0.2, 0.25) is 0 Å². The average Bonchev–Trinajstić information content (AvgIpc) is 2.95. The fraction of sp³-hybridized carbons (Fsp3) is 0.143. The van der Waals surface area contributed by atoms with Gasteiger partial charge in [-0.15, -0.1) is 0 Å². The molecule has 0 aliphatic rings. The van der Waals surface area contributed by atoms with Crippen LogP contribution in [-0.2, 0) is 0 Å². The van der Waals surface area contributed by atoms with Crippen molar-refractivity contribution in [3.63, 3.8) is 0 Å². The molecular weight excluding hydrogens is 326 g/mol. The third-order valence-electron chi connectivity index (χ3n) is 4.37. The minimum Gasteiger partial charge on any atom is -0.318 e. The summed E-state index contributed by atoms with van der Waals surface area (Å²) >= 11 is 0. The number of hydrazine groups is 1. The van der Waals surface area contributed by atoms with Gasteiger partial charge in [0.05, 0.1) is 5.56 Å². The van der Waals surface area contributed by atoms with Crippen LogP contribution in [0.4, 0.5) is 0 Å². The Bertz CT molecular complexity index is 959. The molecule has 0 saturated heterocycles. The summed E-state index contributed by atoms with van der Waals surface area (Å²) in [6.07, 6.45) is 0. The molecule has 0 radical (unpaired) electrons. The van der Waals surface area contributed by atoms with Crippen molar-refractivity contribution in [2.75, 3.05) is 0 Å². The Morgan fingerprint density at radius 2 is 1.35 bits per heavy atom. The summed E-state index contributed by atoms with van der Waals surface area (Å²) in [5, 5.41) is 0. The van der Waals surface area contributed by atoms with E-state index in [-0.39, 0.29) is 11.8 Å². The zero-order valence-electron chi connectivity index (χ0n) is 15.0. The molecule has 0 atom stereocenters. The highest BCUT2D eigenvalue weighted by atomic mass is 16.2. The molecule has 0 aliphatic carbocycles. The normalized spacial score (nSPS) is 10.4. The third-order valence-corrected chi connectivity index (χ3v) is 4.37. The summed E-state index contributed by atoms with van der Waals surface area (Å²) in [5.74, 6) is -0.685. The van der Waals surface area contributed by atoms with Crippen LogP contribution in [0, 0.1) is 20.8 Å². The van der Waals surface area contributed by atoms with Gasteiger partial charge in [-0.2, -0.15) is 0 Å². The van der Waals surface area contributed by atoms with Crippen LogP contribution in [0.15, 0.2) is 60.7 Å². The predicted molar refractivity (Wildman–Crippen MR) is 101 cm³/mol. The van der Waals surface area contributed by atoms with Gasteiger partial charge in [-0.25, -0.2) is 0 Å². The Labute approximate surface area is 152 Å². The van der Waals surface area contributed by atoms with Gasteiger partial charge in [0.1, 0.15) is 0 Å². The second-order valence-electron chi connectivity index (χ2n) is 6.18. The highest BCUT2D eigenvalue weighted by Crippen LogP contribution is 2.20. The molecule has 0 saturated carbocycles. The fourth-order valence-electron chi connectivity index (χ4n) is 3.04. The van der Waals surface area contributed by atoms with Crippen LogP contribution in [0.3, 0.4) is 0 Å². The number of nitrogens with zero attached hydrogens (tertiary/aromatic N) is 1. The number of carbonyl (C=O) groups excluding carboxylic acids is 2. The van der Waals surface area contributed by atoms with Crippen molar-refractivity contribution in [1.82, 2.24) is 15.4 Å². The lowest BCUT2D eigenvalue weighted by Crippen LogP contribution is -2.42. The quantitative estimate of drug-likeness (QED) is 0.713. The van der Waals surface area contributed by atoms with E-state index in [2.05, 4.69) is 10.9 Å². The largest absolute Gasteiger partial charge is 0.318 e. The molecule has 1 heterocycles. The van der Waals surface area contributed by atoms with Crippen molar-refractivity contribution in [2.45, 2.75) is 20.8 Å². The summed E-state index contributed by atoms with van der Waals surface area (Å²) in [4.78, 5) is 24.8. The van der Waals surface area contributed by atoms with Gasteiger partial charge in [0, 0.05) is 22.6 Å². The molecule has 5 heteroatoms. The Morgan fingerprint density at radius 3 is 2.00 bits per heavy atom. The monoisotopic (exact) mass is 347 g/mol. The highest BCUT2D eigenvalue weighted by Gasteiger charge is 2.17. The first-order valence-electron chi connectivity index (χ1n) is 8.39. The Kier molecular flexibility index (Phi) is 4.89. The predicted octanol–water partition coefficient (Wildman–Crippen LogP) is 3.48. The first kappa shape index (κ1) is 17.5. The van der Waals surface area contributed by atoms with Crippen molar-refractivity contribution in [1.29, 1.82) is 0 Å². The van der Waals surface area contributed by atoms with E-state index in [1.807, 2.05) is 73.9 Å². The smallest absolute Gasteiger partial charge is 0.271 e. The van der Waals surface area contributed by atoms with E-state index < -0.39 is 0 Å². The van der Waals surface area contributed by atoms with Crippen LogP contribution in [0.5, 0.6) is 0 Å². The first-order valence-corrected chi connectivity index (χ1v) is 8.39. The van der Waals surface area contributed by atoms with Crippen molar-refractivity contribution in [3.05, 3.63) is 88.7 Å². The molecule has 3 rings (SSSR count). The molecule has 2 N–H and O–H groups in total. The molecule has 1 aromatic heterocycles. The lowest BCUT2D eigenvalue weighted by Gasteiger charge is -2.11. The van der Waals surface area contributed by atoms with Gasteiger partial charge in [0.25, 0.3) is 11.8 Å². The van der Waals surface area contributed by atoms with E-state index in [1.54, 1.807) is 12.1 Å². The maximum absolute atomic E-state index is 12.5. The first-order chi connectivity index (χ1) is 12.5. The molecule has 3 aromatic rings. The standard InChI is InChI=1S/C21H21N3O2/c1-14-9-7-8-12-18(14)20(25)22-23-21(26)19-13-15(2)24(16(19)3)17-10-5-4-6-11-17/h4-13H,1-3H3,(H,22,25)(H,23,26). The molecule has 0 spiro atoms. The maximum atomic E-state index is 12.5. The van der Waals surface area contributed by atoms with Crippen molar-refractivity contribution >= 4 is 11.8 Å². The highest BCUT2D eigenvalue weighted by molar-refractivity contribution is 6.00.